The highest BCUT2D eigenvalue weighted by Gasteiger charge is 1.83. The largest absolute Gasteiger partial charge is 0.588 e. The van der Waals surface area contributed by atoms with E-state index < -0.39 is 9.17 Å². The van der Waals surface area contributed by atoms with Gasteiger partial charge in [0, 0.05) is 6.61 Å². The van der Waals surface area contributed by atoms with Crippen molar-refractivity contribution in [1.29, 1.82) is 0 Å². The van der Waals surface area contributed by atoms with Crippen LogP contribution < -0.4 is 4.80 Å². The molecule has 0 amide bonds. The summed E-state index contributed by atoms with van der Waals surface area (Å²) in [7, 11) is -2.91. The first-order valence-electron chi connectivity index (χ1n) is 2.61. The second-order valence-corrected chi connectivity index (χ2v) is 2.24. The van der Waals surface area contributed by atoms with E-state index in [2.05, 4.69) is 4.43 Å². The van der Waals surface area contributed by atoms with Crippen molar-refractivity contribution in [2.75, 3.05) is 6.61 Å². The SMILES string of the molecule is CCCCO[Si](=O)[O-]. The molecule has 0 aliphatic rings. The fraction of sp³-hybridized carbons (Fsp3) is 1.00. The Kier molecular flexibility index (Phi) is 4.54. The van der Waals surface area contributed by atoms with Gasteiger partial charge in [-0.15, -0.1) is 0 Å². The van der Waals surface area contributed by atoms with Gasteiger partial charge in [-0.2, -0.15) is 0 Å². The lowest BCUT2D eigenvalue weighted by molar-refractivity contribution is -0.229. The third kappa shape index (κ3) is 5.62. The molecule has 0 unspecified atom stereocenters. The molecule has 0 aliphatic heterocycles. The lowest BCUT2D eigenvalue weighted by Crippen LogP contribution is -2.24. The molecule has 3 nitrogen and oxygen atoms in total. The molecule has 48 valence electrons. The second kappa shape index (κ2) is 4.77. The third-order valence-electron chi connectivity index (χ3n) is 0.718. The Labute approximate surface area is 50.2 Å². The second-order valence-electron chi connectivity index (χ2n) is 1.45. The maximum atomic E-state index is 9.73. The van der Waals surface area contributed by atoms with Gasteiger partial charge in [-0.3, -0.25) is 0 Å². The summed E-state index contributed by atoms with van der Waals surface area (Å²) in [4.78, 5) is 9.73. The van der Waals surface area contributed by atoms with Crippen molar-refractivity contribution in [2.45, 2.75) is 19.8 Å². The van der Waals surface area contributed by atoms with Crippen LogP contribution >= 0.6 is 0 Å². The van der Waals surface area contributed by atoms with Gasteiger partial charge in [0.15, 0.2) is 0 Å². The Morgan fingerprint density at radius 2 is 2.38 bits per heavy atom. The zero-order valence-corrected chi connectivity index (χ0v) is 5.85. The first-order valence-corrected chi connectivity index (χ1v) is 3.83. The first-order chi connectivity index (χ1) is 3.77. The van der Waals surface area contributed by atoms with Gasteiger partial charge < -0.3 is 13.7 Å². The highest BCUT2D eigenvalue weighted by molar-refractivity contribution is 6.21. The molecule has 0 radical (unpaired) electrons. The summed E-state index contributed by atoms with van der Waals surface area (Å²) in [6.07, 6.45) is 1.79. The van der Waals surface area contributed by atoms with Crippen LogP contribution in [0.5, 0.6) is 0 Å². The van der Waals surface area contributed by atoms with Crippen molar-refractivity contribution in [1.82, 2.24) is 0 Å². The predicted molar refractivity (Wildman–Crippen MR) is 27.3 cm³/mol. The topological polar surface area (TPSA) is 49.4 Å². The summed E-state index contributed by atoms with van der Waals surface area (Å²) in [5.74, 6) is 0. The van der Waals surface area contributed by atoms with Crippen molar-refractivity contribution in [3.8, 4) is 0 Å². The Morgan fingerprint density at radius 3 is 2.75 bits per heavy atom. The lowest BCUT2D eigenvalue weighted by Gasteiger charge is -2.03. The Hall–Kier alpha value is -0.383. The molecule has 8 heavy (non-hydrogen) atoms. The molecule has 0 aromatic carbocycles. The normalized spacial score (nSPS) is 8.62. The average Bonchev–Trinajstić information content (AvgIpc) is 1.66. The zero-order chi connectivity index (χ0) is 6.41. The number of rotatable bonds is 4. The van der Waals surface area contributed by atoms with Crippen molar-refractivity contribution in [2.24, 2.45) is 0 Å². The molecule has 0 N–H and O–H groups in total. The minimum absolute atomic E-state index is 0.345. The standard InChI is InChI=1S/C4H9O3Si/c1-2-3-4-7-8(5)6/h2-4H2,1H3/q-1. The molecule has 0 rings (SSSR count). The Morgan fingerprint density at radius 1 is 1.75 bits per heavy atom. The fourth-order valence-electron chi connectivity index (χ4n) is 0.300. The molecule has 0 bridgehead atoms. The summed E-state index contributed by atoms with van der Waals surface area (Å²) in [5, 5.41) is 0. The van der Waals surface area contributed by atoms with E-state index in [0.717, 1.165) is 12.8 Å². The van der Waals surface area contributed by atoms with Gasteiger partial charge in [0.2, 0.25) is 0 Å². The van der Waals surface area contributed by atoms with Crippen LogP contribution in [0.2, 0.25) is 0 Å². The van der Waals surface area contributed by atoms with Gasteiger partial charge in [0.05, 0.1) is 0 Å². The van der Waals surface area contributed by atoms with Gasteiger partial charge in [-0.25, -0.2) is 0 Å². The maximum Gasteiger partial charge on any atom is 0.413 e. The third-order valence-corrected chi connectivity index (χ3v) is 1.16. The van der Waals surface area contributed by atoms with E-state index >= 15 is 0 Å². The Balaban J connectivity index is 2.82. The summed E-state index contributed by atoms with van der Waals surface area (Å²) in [6.45, 7) is 2.32. The predicted octanol–water partition coefficient (Wildman–Crippen LogP) is -0.421. The van der Waals surface area contributed by atoms with Crippen LogP contribution in [-0.2, 0) is 8.89 Å². The van der Waals surface area contributed by atoms with Crippen molar-refractivity contribution < 1.29 is 13.7 Å². The van der Waals surface area contributed by atoms with Gasteiger partial charge in [0.1, 0.15) is 0 Å². The number of hydrogen-bond acceptors (Lipinski definition) is 3. The maximum absolute atomic E-state index is 9.73. The van der Waals surface area contributed by atoms with Crippen LogP contribution in [0.3, 0.4) is 0 Å². The number of hydrogen-bond donors (Lipinski definition) is 0. The smallest absolute Gasteiger partial charge is 0.413 e. The molecule has 0 saturated heterocycles. The molecule has 0 aromatic rings. The van der Waals surface area contributed by atoms with Crippen LogP contribution in [0, 0.1) is 0 Å². The van der Waals surface area contributed by atoms with Crippen LogP contribution in [0.15, 0.2) is 0 Å². The van der Waals surface area contributed by atoms with E-state index in [0.29, 0.717) is 6.61 Å². The molecule has 0 spiro atoms. The van der Waals surface area contributed by atoms with Gasteiger partial charge in [-0.1, -0.05) is 13.3 Å². The minimum atomic E-state index is -2.91. The van der Waals surface area contributed by atoms with Crippen molar-refractivity contribution in [3.63, 3.8) is 0 Å². The number of unbranched alkanes of at least 4 members (excludes halogenated alkanes) is 1. The molecule has 0 fully saturated rings. The quantitative estimate of drug-likeness (QED) is 0.386. The van der Waals surface area contributed by atoms with Crippen molar-refractivity contribution in [3.05, 3.63) is 0 Å². The van der Waals surface area contributed by atoms with E-state index in [1.807, 2.05) is 6.92 Å². The molecule has 0 atom stereocenters. The summed E-state index contributed by atoms with van der Waals surface area (Å²) in [6, 6.07) is 0. The van der Waals surface area contributed by atoms with Crippen LogP contribution in [0.4, 0.5) is 0 Å². The highest BCUT2D eigenvalue weighted by atomic mass is 28.3. The summed E-state index contributed by atoms with van der Waals surface area (Å²) in [5.41, 5.74) is 0. The summed E-state index contributed by atoms with van der Waals surface area (Å²) < 4.78 is 14.0. The van der Waals surface area contributed by atoms with E-state index in [9.17, 15) is 9.26 Å². The van der Waals surface area contributed by atoms with Crippen LogP contribution in [0.1, 0.15) is 19.8 Å². The van der Waals surface area contributed by atoms with E-state index in [4.69, 9.17) is 0 Å². The molecule has 4 heteroatoms. The zero-order valence-electron chi connectivity index (χ0n) is 4.85. The van der Waals surface area contributed by atoms with E-state index in [1.165, 1.54) is 0 Å². The monoisotopic (exact) mass is 133 g/mol. The van der Waals surface area contributed by atoms with Crippen molar-refractivity contribution >= 4 is 9.17 Å². The molecule has 0 aromatic heterocycles. The van der Waals surface area contributed by atoms with Crippen LogP contribution in [-0.4, -0.2) is 15.8 Å². The minimum Gasteiger partial charge on any atom is -0.588 e. The van der Waals surface area contributed by atoms with Gasteiger partial charge >= 0.3 is 9.17 Å². The average molecular weight is 133 g/mol. The fourth-order valence-corrected chi connectivity index (χ4v) is 0.611. The molecule has 0 saturated carbocycles. The van der Waals surface area contributed by atoms with Crippen LogP contribution in [0.25, 0.3) is 0 Å². The van der Waals surface area contributed by atoms with Gasteiger partial charge in [0.25, 0.3) is 0 Å². The molecule has 0 heterocycles. The molecular formula is C4H9O3Si-. The lowest BCUT2D eigenvalue weighted by atomic mass is 10.4. The first kappa shape index (κ1) is 7.62. The van der Waals surface area contributed by atoms with E-state index in [1.54, 1.807) is 0 Å². The molecular weight excluding hydrogens is 124 g/mol. The van der Waals surface area contributed by atoms with E-state index in [-0.39, 0.29) is 0 Å². The molecule has 0 aliphatic carbocycles. The van der Waals surface area contributed by atoms with Gasteiger partial charge in [-0.05, 0) is 6.42 Å². The summed E-state index contributed by atoms with van der Waals surface area (Å²) >= 11 is 0. The highest BCUT2D eigenvalue weighted by Crippen LogP contribution is 1.84. The Bertz CT molecular complexity index is 73.7.